The zero-order chi connectivity index (χ0) is 39.8. The molecule has 2 amide bonds. The summed E-state index contributed by atoms with van der Waals surface area (Å²) in [5, 5.41) is 11.6. The van der Waals surface area contributed by atoms with E-state index in [-0.39, 0.29) is 65.2 Å². The number of rotatable bonds is 6. The van der Waals surface area contributed by atoms with Crippen LogP contribution in [0.1, 0.15) is 59.4 Å². The summed E-state index contributed by atoms with van der Waals surface area (Å²) in [6.45, 7) is 8.94. The molecule has 296 valence electrons. The quantitative estimate of drug-likeness (QED) is 0.185. The second kappa shape index (κ2) is 13.8. The molecule has 19 heteroatoms. The van der Waals surface area contributed by atoms with E-state index >= 15 is 22.0 Å². The molecule has 5 heterocycles. The Bertz CT molecular complexity index is 2180. The van der Waals surface area contributed by atoms with E-state index in [2.05, 4.69) is 20.3 Å². The van der Waals surface area contributed by atoms with E-state index < -0.39 is 81.6 Å². The Morgan fingerprint density at radius 1 is 1.05 bits per heavy atom. The summed E-state index contributed by atoms with van der Waals surface area (Å²) < 4.78 is 103. The lowest BCUT2D eigenvalue weighted by atomic mass is 9.94. The second-order valence-corrected chi connectivity index (χ2v) is 16.4. The number of halogens is 6. The predicted octanol–water partition coefficient (Wildman–Crippen LogP) is 8.08. The number of piperazine rings is 1. The molecule has 4 atom stereocenters. The average molecular weight is 796 g/mol. The first-order chi connectivity index (χ1) is 25.7. The normalized spacial score (nSPS) is 23.4. The molecule has 0 unspecified atom stereocenters. The van der Waals surface area contributed by atoms with Crippen molar-refractivity contribution in [1.82, 2.24) is 24.8 Å². The molecule has 3 aliphatic heterocycles. The first-order valence-corrected chi connectivity index (χ1v) is 18.6. The Labute approximate surface area is 315 Å². The molecule has 0 aliphatic carbocycles. The molecule has 0 spiro atoms. The number of carboxylic acid groups (broad SMARTS) is 1. The molecule has 2 aromatic heterocycles. The van der Waals surface area contributed by atoms with Crippen molar-refractivity contribution < 1.29 is 50.5 Å². The van der Waals surface area contributed by atoms with E-state index in [0.29, 0.717) is 24.3 Å². The number of anilines is 2. The zero-order valence-electron chi connectivity index (χ0n) is 30.6. The van der Waals surface area contributed by atoms with Crippen LogP contribution in [0, 0.1) is 11.6 Å². The van der Waals surface area contributed by atoms with Gasteiger partial charge in [0.2, 0.25) is 0 Å². The molecule has 0 saturated carbocycles. The number of amides is 2. The predicted molar refractivity (Wildman–Crippen MR) is 192 cm³/mol. The molecular weight excluding hydrogens is 756 g/mol. The Kier molecular flexibility index (Phi) is 9.71. The van der Waals surface area contributed by atoms with Crippen LogP contribution in [0.25, 0.3) is 32.2 Å². The van der Waals surface area contributed by atoms with Gasteiger partial charge in [-0.25, -0.2) is 27.7 Å². The summed E-state index contributed by atoms with van der Waals surface area (Å²) in [4.78, 5) is 42.2. The number of nitrogens with one attached hydrogen (secondary N) is 1. The number of alkyl halides is 4. The number of hydrogen-bond donors (Lipinski definition) is 2. The largest absolute Gasteiger partial charge is 0.465 e. The third kappa shape index (κ3) is 7.27. The van der Waals surface area contributed by atoms with Crippen molar-refractivity contribution in [2.24, 2.45) is 0 Å². The molecule has 4 aromatic rings. The van der Waals surface area contributed by atoms with Crippen molar-refractivity contribution in [3.05, 3.63) is 35.4 Å². The molecule has 2 N–H and O–H groups in total. The van der Waals surface area contributed by atoms with Crippen molar-refractivity contribution in [1.29, 1.82) is 0 Å². The van der Waals surface area contributed by atoms with Crippen molar-refractivity contribution in [2.45, 2.75) is 89.5 Å². The standard InChI is InChI=1S/C36H39F6N7O5S/c1-17-14-49(33(51)52)18(2)13-48(17)29-21-11-22(36(40,41)42)24(20-7-8-23(38)28-27(20)44-31(55-28)46-32(50)54-34(3,4)5)25(39)26(21)43-30(45-29)53-16-35-9-6-10-47(35)15-19(37)12-35/h7-8,11,17-19H,6,9-10,12-16H2,1-5H3,(H,51,52)(H,44,46,50)/t17-,18+,19+,35+/m0/s1. The van der Waals surface area contributed by atoms with E-state index in [9.17, 15) is 19.1 Å². The molecule has 3 fully saturated rings. The monoisotopic (exact) mass is 795 g/mol. The van der Waals surface area contributed by atoms with Crippen LogP contribution in [0.2, 0.25) is 0 Å². The van der Waals surface area contributed by atoms with Gasteiger partial charge in [-0.05, 0) is 72.2 Å². The van der Waals surface area contributed by atoms with Crippen LogP contribution in [-0.2, 0) is 10.9 Å². The third-order valence-electron chi connectivity index (χ3n) is 10.3. The van der Waals surface area contributed by atoms with Gasteiger partial charge in [0.1, 0.15) is 35.5 Å². The van der Waals surface area contributed by atoms with Crippen molar-refractivity contribution in [3.8, 4) is 17.1 Å². The fourth-order valence-electron chi connectivity index (χ4n) is 7.92. The van der Waals surface area contributed by atoms with E-state index in [1.54, 1.807) is 39.5 Å². The first kappa shape index (κ1) is 38.6. The van der Waals surface area contributed by atoms with Gasteiger partial charge in [0.25, 0.3) is 0 Å². The van der Waals surface area contributed by atoms with Crippen LogP contribution in [0.3, 0.4) is 0 Å². The van der Waals surface area contributed by atoms with Crippen LogP contribution in [0.5, 0.6) is 6.01 Å². The molecule has 3 saturated heterocycles. The number of thiazole rings is 1. The van der Waals surface area contributed by atoms with Crippen LogP contribution in [0.15, 0.2) is 18.2 Å². The number of ether oxygens (including phenoxy) is 2. The summed E-state index contributed by atoms with van der Waals surface area (Å²) in [6.07, 6.45) is -6.72. The number of fused-ring (bicyclic) bond motifs is 3. The summed E-state index contributed by atoms with van der Waals surface area (Å²) in [7, 11) is 0. The van der Waals surface area contributed by atoms with Gasteiger partial charge < -0.3 is 24.4 Å². The fourth-order valence-corrected chi connectivity index (χ4v) is 8.80. The van der Waals surface area contributed by atoms with E-state index in [0.717, 1.165) is 24.6 Å². The van der Waals surface area contributed by atoms with Gasteiger partial charge in [0.15, 0.2) is 10.9 Å². The summed E-state index contributed by atoms with van der Waals surface area (Å²) in [5.74, 6) is -2.40. The highest BCUT2D eigenvalue weighted by atomic mass is 32.1. The van der Waals surface area contributed by atoms with Crippen LogP contribution in [-0.4, -0.2) is 104 Å². The number of carbonyl (C=O) groups excluding carboxylic acids is 1. The third-order valence-corrected chi connectivity index (χ3v) is 11.3. The molecule has 2 aromatic carbocycles. The lowest BCUT2D eigenvalue weighted by Gasteiger charge is -2.43. The van der Waals surface area contributed by atoms with E-state index in [4.69, 9.17) is 9.47 Å². The highest BCUT2D eigenvalue weighted by Gasteiger charge is 2.49. The smallest absolute Gasteiger partial charge is 0.417 e. The Balaban J connectivity index is 1.40. The lowest BCUT2D eigenvalue weighted by Crippen LogP contribution is -2.58. The molecule has 12 nitrogen and oxygen atoms in total. The van der Waals surface area contributed by atoms with Crippen molar-refractivity contribution in [2.75, 3.05) is 43.0 Å². The summed E-state index contributed by atoms with van der Waals surface area (Å²) >= 11 is 0.631. The zero-order valence-corrected chi connectivity index (χ0v) is 31.4. The number of hydrogen-bond acceptors (Lipinski definition) is 10. The average Bonchev–Trinajstić information content (AvgIpc) is 3.76. The maximum atomic E-state index is 17.2. The molecule has 7 rings (SSSR count). The van der Waals surface area contributed by atoms with Crippen LogP contribution >= 0.6 is 11.3 Å². The Morgan fingerprint density at radius 2 is 1.80 bits per heavy atom. The minimum atomic E-state index is -5.16. The fraction of sp³-hybridized carbons (Fsp3) is 0.528. The summed E-state index contributed by atoms with van der Waals surface area (Å²) in [5.41, 5.74) is -5.27. The molecular formula is C36H39F6N7O5S. The highest BCUT2D eigenvalue weighted by Crippen LogP contribution is 2.47. The maximum Gasteiger partial charge on any atom is 0.417 e. The lowest BCUT2D eigenvalue weighted by molar-refractivity contribution is -0.137. The van der Waals surface area contributed by atoms with Crippen LogP contribution < -0.4 is 15.0 Å². The number of carbonyl (C=O) groups is 2. The van der Waals surface area contributed by atoms with Crippen molar-refractivity contribution in [3.63, 3.8) is 0 Å². The highest BCUT2D eigenvalue weighted by molar-refractivity contribution is 7.22. The maximum absolute atomic E-state index is 17.2. The van der Waals surface area contributed by atoms with Gasteiger partial charge in [-0.2, -0.15) is 23.1 Å². The first-order valence-electron chi connectivity index (χ1n) is 17.7. The Hall–Kier alpha value is -4.65. The number of benzene rings is 2. The van der Waals surface area contributed by atoms with Crippen molar-refractivity contribution >= 4 is 55.6 Å². The van der Waals surface area contributed by atoms with Gasteiger partial charge >= 0.3 is 24.4 Å². The topological polar surface area (TPSA) is 133 Å². The number of nitrogens with zero attached hydrogens (tertiary/aromatic N) is 6. The van der Waals surface area contributed by atoms with Gasteiger partial charge in [0.05, 0.1) is 21.3 Å². The van der Waals surface area contributed by atoms with Crippen LogP contribution in [0.4, 0.5) is 46.9 Å². The molecule has 3 aliphatic rings. The van der Waals surface area contributed by atoms with Gasteiger partial charge in [-0.1, -0.05) is 11.3 Å². The van der Waals surface area contributed by atoms with Gasteiger partial charge in [-0.15, -0.1) is 0 Å². The SMILES string of the molecule is C[C@@H]1CN(c2nc(OC[C@]34CCCN3C[C@H](F)C4)nc3c(F)c(-c4ccc(F)c5sc(NC(=O)OC(C)(C)C)nc45)c(C(F)(F)F)cc23)[C@@H](C)CN1C(=O)O. The molecule has 0 radical (unpaired) electrons. The van der Waals surface area contributed by atoms with E-state index in [1.165, 1.54) is 4.90 Å². The molecule has 0 bridgehead atoms. The minimum Gasteiger partial charge on any atom is -0.465 e. The number of aromatic nitrogens is 3. The summed E-state index contributed by atoms with van der Waals surface area (Å²) in [6, 6.07) is 0.970. The minimum absolute atomic E-state index is 0.00415. The van der Waals surface area contributed by atoms with E-state index in [1.807, 2.05) is 4.90 Å². The molecule has 55 heavy (non-hydrogen) atoms. The Morgan fingerprint density at radius 3 is 2.49 bits per heavy atom. The second-order valence-electron chi connectivity index (χ2n) is 15.4. The van der Waals surface area contributed by atoms with Gasteiger partial charge in [-0.3, -0.25) is 10.2 Å². The van der Waals surface area contributed by atoms with Gasteiger partial charge in [0, 0.05) is 54.7 Å².